The van der Waals surface area contributed by atoms with E-state index < -0.39 is 5.97 Å². The lowest BCUT2D eigenvalue weighted by Gasteiger charge is -2.09. The molecular weight excluding hydrogens is 350 g/mol. The van der Waals surface area contributed by atoms with E-state index in [9.17, 15) is 4.79 Å². The maximum atomic E-state index is 12.5. The Kier molecular flexibility index (Phi) is 5.02. The van der Waals surface area contributed by atoms with E-state index in [4.69, 9.17) is 9.47 Å². The minimum atomic E-state index is -0.426. The summed E-state index contributed by atoms with van der Waals surface area (Å²) < 4.78 is 11.3. The summed E-state index contributed by atoms with van der Waals surface area (Å²) in [5.41, 5.74) is 3.09. The maximum absolute atomic E-state index is 12.5. The van der Waals surface area contributed by atoms with E-state index in [1.165, 1.54) is 0 Å². The normalized spacial score (nSPS) is 10.6. The molecule has 0 spiro atoms. The quantitative estimate of drug-likeness (QED) is 0.352. The number of fused-ring (bicyclic) bond motifs is 1. The van der Waals surface area contributed by atoms with Gasteiger partial charge in [-0.15, -0.1) is 0 Å². The first-order valence-electron chi connectivity index (χ1n) is 9.04. The topological polar surface area (TPSA) is 48.4 Å². The van der Waals surface area contributed by atoms with E-state index in [1.54, 1.807) is 30.3 Å². The van der Waals surface area contributed by atoms with Crippen LogP contribution in [0.25, 0.3) is 10.9 Å². The number of aromatic nitrogens is 1. The van der Waals surface area contributed by atoms with Crippen LogP contribution >= 0.6 is 0 Å². The summed E-state index contributed by atoms with van der Waals surface area (Å²) in [4.78, 5) is 17.0. The molecule has 0 unspecified atom stereocenters. The third kappa shape index (κ3) is 4.01. The van der Waals surface area contributed by atoms with Crippen molar-refractivity contribution in [2.75, 3.05) is 0 Å². The fraction of sp³-hybridized carbons (Fsp3) is 0.0833. The summed E-state index contributed by atoms with van der Waals surface area (Å²) in [7, 11) is 0. The molecule has 4 rings (SSSR count). The van der Waals surface area contributed by atoms with Crippen molar-refractivity contribution in [3.8, 4) is 11.5 Å². The third-order valence-electron chi connectivity index (χ3n) is 4.36. The summed E-state index contributed by atoms with van der Waals surface area (Å²) in [6, 6.07) is 26.3. The molecule has 28 heavy (non-hydrogen) atoms. The molecule has 0 aliphatic rings. The van der Waals surface area contributed by atoms with Gasteiger partial charge in [0.15, 0.2) is 5.75 Å². The highest BCUT2D eigenvalue weighted by atomic mass is 16.5. The Labute approximate surface area is 163 Å². The number of carbonyl (C=O) groups excluding carboxylic acids is 1. The van der Waals surface area contributed by atoms with E-state index in [-0.39, 0.29) is 0 Å². The van der Waals surface area contributed by atoms with Crippen LogP contribution in [0.3, 0.4) is 0 Å². The summed E-state index contributed by atoms with van der Waals surface area (Å²) in [6.45, 7) is 2.39. The number of para-hydroxylation sites is 1. The first-order valence-corrected chi connectivity index (χ1v) is 9.04. The Morgan fingerprint density at radius 3 is 2.43 bits per heavy atom. The average Bonchev–Trinajstić information content (AvgIpc) is 2.74. The molecule has 138 valence electrons. The van der Waals surface area contributed by atoms with Gasteiger partial charge < -0.3 is 9.47 Å². The molecule has 0 fully saturated rings. The van der Waals surface area contributed by atoms with E-state index in [0.717, 1.165) is 16.6 Å². The van der Waals surface area contributed by atoms with Gasteiger partial charge in [0.1, 0.15) is 17.9 Å². The highest BCUT2D eigenvalue weighted by Gasteiger charge is 2.12. The molecule has 0 N–H and O–H groups in total. The van der Waals surface area contributed by atoms with Crippen LogP contribution < -0.4 is 9.47 Å². The number of pyridine rings is 1. The fourth-order valence-electron chi connectivity index (χ4n) is 2.89. The molecule has 0 saturated heterocycles. The second kappa shape index (κ2) is 7.92. The molecule has 0 amide bonds. The Bertz CT molecular complexity index is 1110. The van der Waals surface area contributed by atoms with Crippen molar-refractivity contribution in [3.05, 3.63) is 102 Å². The van der Waals surface area contributed by atoms with Crippen molar-refractivity contribution in [2.24, 2.45) is 0 Å². The van der Waals surface area contributed by atoms with Crippen molar-refractivity contribution < 1.29 is 14.3 Å². The molecule has 1 aromatic heterocycles. The number of aryl methyl sites for hydroxylation is 1. The van der Waals surface area contributed by atoms with Gasteiger partial charge in [-0.05, 0) is 48.9 Å². The molecule has 0 atom stereocenters. The molecule has 0 saturated carbocycles. The zero-order valence-electron chi connectivity index (χ0n) is 15.5. The molecule has 0 aliphatic carbocycles. The van der Waals surface area contributed by atoms with E-state index >= 15 is 0 Å². The van der Waals surface area contributed by atoms with Crippen molar-refractivity contribution in [3.63, 3.8) is 0 Å². The predicted molar refractivity (Wildman–Crippen MR) is 109 cm³/mol. The van der Waals surface area contributed by atoms with Crippen LogP contribution in [-0.2, 0) is 6.61 Å². The highest BCUT2D eigenvalue weighted by molar-refractivity contribution is 5.94. The number of rotatable bonds is 5. The number of benzene rings is 3. The first-order chi connectivity index (χ1) is 13.7. The van der Waals surface area contributed by atoms with Gasteiger partial charge in [0.25, 0.3) is 0 Å². The van der Waals surface area contributed by atoms with Gasteiger partial charge in [-0.25, -0.2) is 9.78 Å². The van der Waals surface area contributed by atoms with Crippen LogP contribution in [0.15, 0.2) is 84.9 Å². The van der Waals surface area contributed by atoms with Gasteiger partial charge in [-0.1, -0.05) is 48.5 Å². The van der Waals surface area contributed by atoms with Crippen LogP contribution in [0.2, 0.25) is 0 Å². The van der Waals surface area contributed by atoms with Gasteiger partial charge in [0.05, 0.1) is 5.56 Å². The second-order valence-electron chi connectivity index (χ2n) is 6.47. The van der Waals surface area contributed by atoms with Crippen LogP contribution in [-0.4, -0.2) is 11.0 Å². The smallest absolute Gasteiger partial charge is 0.343 e. The zero-order valence-corrected chi connectivity index (χ0v) is 15.5. The van der Waals surface area contributed by atoms with E-state index in [0.29, 0.717) is 29.2 Å². The Morgan fingerprint density at radius 2 is 1.64 bits per heavy atom. The number of carbonyl (C=O) groups is 1. The minimum absolute atomic E-state index is 0.426. The lowest BCUT2D eigenvalue weighted by molar-refractivity contribution is 0.0736. The number of hydrogen-bond donors (Lipinski definition) is 0. The third-order valence-corrected chi connectivity index (χ3v) is 4.36. The molecular formula is C24H19NO3. The van der Waals surface area contributed by atoms with Gasteiger partial charge in [0, 0.05) is 11.1 Å². The summed E-state index contributed by atoms with van der Waals surface area (Å²) in [5.74, 6) is 0.726. The zero-order chi connectivity index (χ0) is 19.3. The Morgan fingerprint density at radius 1 is 0.857 bits per heavy atom. The van der Waals surface area contributed by atoms with E-state index in [1.807, 2.05) is 61.5 Å². The SMILES string of the molecule is Cc1ccc2cccc(OC(=O)c3ccc(OCc4ccccc4)cc3)c2n1. The Balaban J connectivity index is 1.46. The molecule has 0 radical (unpaired) electrons. The standard InChI is InChI=1S/C24H19NO3/c1-17-10-11-19-8-5-9-22(23(19)25-17)28-24(26)20-12-14-21(15-13-20)27-16-18-6-3-2-4-7-18/h2-15H,16H2,1H3. The van der Waals surface area contributed by atoms with Crippen LogP contribution in [0.1, 0.15) is 21.6 Å². The van der Waals surface area contributed by atoms with Crippen LogP contribution in [0.5, 0.6) is 11.5 Å². The highest BCUT2D eigenvalue weighted by Crippen LogP contribution is 2.25. The molecule has 1 heterocycles. The molecule has 3 aromatic carbocycles. The molecule has 4 aromatic rings. The lowest BCUT2D eigenvalue weighted by atomic mass is 10.2. The lowest BCUT2D eigenvalue weighted by Crippen LogP contribution is -2.09. The largest absolute Gasteiger partial charge is 0.489 e. The molecule has 4 nitrogen and oxygen atoms in total. The van der Waals surface area contributed by atoms with Crippen LogP contribution in [0, 0.1) is 6.92 Å². The van der Waals surface area contributed by atoms with E-state index in [2.05, 4.69) is 4.98 Å². The van der Waals surface area contributed by atoms with Crippen molar-refractivity contribution in [1.29, 1.82) is 0 Å². The summed E-state index contributed by atoms with van der Waals surface area (Å²) >= 11 is 0. The predicted octanol–water partition coefficient (Wildman–Crippen LogP) is 5.34. The molecule has 4 heteroatoms. The Hall–Kier alpha value is -3.66. The van der Waals surface area contributed by atoms with Gasteiger partial charge >= 0.3 is 5.97 Å². The van der Waals surface area contributed by atoms with Gasteiger partial charge in [0.2, 0.25) is 0 Å². The van der Waals surface area contributed by atoms with Crippen LogP contribution in [0.4, 0.5) is 0 Å². The number of nitrogens with zero attached hydrogens (tertiary/aromatic N) is 1. The minimum Gasteiger partial charge on any atom is -0.489 e. The number of esters is 1. The summed E-state index contributed by atoms with van der Waals surface area (Å²) in [5, 5.41) is 0.931. The van der Waals surface area contributed by atoms with Crippen molar-refractivity contribution >= 4 is 16.9 Å². The first kappa shape index (κ1) is 17.7. The van der Waals surface area contributed by atoms with Crippen molar-refractivity contribution in [1.82, 2.24) is 4.98 Å². The van der Waals surface area contributed by atoms with Gasteiger partial charge in [-0.3, -0.25) is 0 Å². The average molecular weight is 369 g/mol. The van der Waals surface area contributed by atoms with Gasteiger partial charge in [-0.2, -0.15) is 0 Å². The number of ether oxygens (including phenoxy) is 2. The van der Waals surface area contributed by atoms with Crippen molar-refractivity contribution in [2.45, 2.75) is 13.5 Å². The maximum Gasteiger partial charge on any atom is 0.343 e. The number of hydrogen-bond acceptors (Lipinski definition) is 4. The monoisotopic (exact) mass is 369 g/mol. The molecule has 0 aliphatic heterocycles. The summed E-state index contributed by atoms with van der Waals surface area (Å²) in [6.07, 6.45) is 0. The second-order valence-corrected chi connectivity index (χ2v) is 6.47. The fourth-order valence-corrected chi connectivity index (χ4v) is 2.89. The molecule has 0 bridgehead atoms.